The van der Waals surface area contributed by atoms with Gasteiger partial charge in [-0.05, 0) is 50.2 Å². The maximum Gasteiger partial charge on any atom is 3.00 e. The number of carboxylic acids is 1. The van der Waals surface area contributed by atoms with E-state index in [2.05, 4.69) is 35.8 Å². The summed E-state index contributed by atoms with van der Waals surface area (Å²) in [6.45, 7) is 3.22. The Morgan fingerprint density at radius 1 is 0.741 bits per heavy atom. The zero-order chi connectivity index (χ0) is 38.4. The molecule has 1 radical (unpaired) electrons. The van der Waals surface area contributed by atoms with E-state index in [0.29, 0.717) is 17.1 Å². The summed E-state index contributed by atoms with van der Waals surface area (Å²) < 4.78 is 25.7. The van der Waals surface area contributed by atoms with Crippen molar-refractivity contribution in [2.45, 2.75) is 18.7 Å². The van der Waals surface area contributed by atoms with Gasteiger partial charge < -0.3 is 15.0 Å². The molecule has 2 heterocycles. The number of sulfonamides is 1. The molecule has 6 aromatic rings. The minimum atomic E-state index is -3.69. The van der Waals surface area contributed by atoms with Crippen molar-refractivity contribution in [3.05, 3.63) is 145 Å². The number of carbonyl (C=O) groups excluding carboxylic acids is 1. The molecule has 5 N–H and O–H groups in total. The van der Waals surface area contributed by atoms with Gasteiger partial charge in [0.15, 0.2) is 11.4 Å². The minimum Gasteiger partial charge on any atom is -0.871 e. The van der Waals surface area contributed by atoms with E-state index in [4.69, 9.17) is 0 Å². The van der Waals surface area contributed by atoms with Gasteiger partial charge in [0, 0.05) is 17.7 Å². The molecule has 0 spiro atoms. The van der Waals surface area contributed by atoms with Gasteiger partial charge in [-0.2, -0.15) is 13.5 Å². The number of quaternary nitrogens is 1. The molecule has 0 atom stereocenters. The Kier molecular flexibility index (Phi) is 12.4. The molecule has 0 amide bonds. The van der Waals surface area contributed by atoms with E-state index < -0.39 is 37.8 Å². The third kappa shape index (κ3) is 8.98. The van der Waals surface area contributed by atoms with Crippen LogP contribution in [0.3, 0.4) is 0 Å². The van der Waals surface area contributed by atoms with Crippen LogP contribution in [0.2, 0.25) is 0 Å². The van der Waals surface area contributed by atoms with Crippen LogP contribution in [0, 0.1) is 24.0 Å². The number of nitrogens with zero attached hydrogens (tertiary/aromatic N) is 7. The van der Waals surface area contributed by atoms with Crippen molar-refractivity contribution in [2.24, 2.45) is 20.5 Å². The van der Waals surface area contributed by atoms with E-state index >= 15 is 0 Å². The van der Waals surface area contributed by atoms with Crippen LogP contribution in [0.1, 0.15) is 21.7 Å². The number of hydrogen-bond donors (Lipinski definition) is 3. The number of nitro benzene ring substituents is 1. The topological polar surface area (TPSA) is 293 Å². The summed E-state index contributed by atoms with van der Waals surface area (Å²) in [5.41, 5.74) is 0.0695. The maximum atomic E-state index is 12.7. The van der Waals surface area contributed by atoms with Gasteiger partial charge in [0.2, 0.25) is 0 Å². The number of rotatable bonds is 9. The van der Waals surface area contributed by atoms with Gasteiger partial charge in [-0.1, -0.05) is 54.3 Å². The number of aromatic amines is 2. The van der Waals surface area contributed by atoms with Crippen molar-refractivity contribution < 1.29 is 50.8 Å². The fraction of sp³-hybridized carbons (Fsp3) is 0.0606. The van der Waals surface area contributed by atoms with E-state index in [1.54, 1.807) is 50.2 Å². The molecule has 6 rings (SSSR count). The number of benzene rings is 4. The summed E-state index contributed by atoms with van der Waals surface area (Å²) in [4.78, 5) is 46.4. The fourth-order valence-electron chi connectivity index (χ4n) is 4.71. The van der Waals surface area contributed by atoms with Gasteiger partial charge in [-0.15, -0.1) is 15.3 Å². The molecular formula is C33H27CrN10O9S+2. The molecule has 0 aliphatic rings. The second kappa shape index (κ2) is 16.7. The number of aryl methyl sites for hydroxylation is 2. The summed E-state index contributed by atoms with van der Waals surface area (Å²) in [6.07, 6.45) is 0. The van der Waals surface area contributed by atoms with Crippen molar-refractivity contribution in [1.82, 2.24) is 19.6 Å². The Morgan fingerprint density at radius 2 is 1.28 bits per heavy atom. The smallest absolute Gasteiger partial charge is 0.871 e. The SMILES string of the molecule is Cc1[nH]n(-c2cccc(S([NH3+])(=O)=O)c2)c(=O)c1N=Nc1ccccc1C(=O)[O-].Cc1[nH]n(-c2ccccc2)c(=O)c1N=Nc1cc([N+](=O)[O-])ccc1[O-].[Cr+3]. The predicted octanol–water partition coefficient (Wildman–Crippen LogP) is 3.05. The molecule has 0 saturated heterocycles. The van der Waals surface area contributed by atoms with Gasteiger partial charge in [-0.25, -0.2) is 14.5 Å². The molecule has 19 nitrogen and oxygen atoms in total. The van der Waals surface area contributed by atoms with Gasteiger partial charge in [0.25, 0.3) is 16.8 Å². The average Bonchev–Trinajstić information content (AvgIpc) is 3.58. The Labute approximate surface area is 315 Å². The third-order valence-corrected chi connectivity index (χ3v) is 8.30. The van der Waals surface area contributed by atoms with Crippen LogP contribution in [-0.4, -0.2) is 38.9 Å². The first-order valence-corrected chi connectivity index (χ1v) is 16.8. The summed E-state index contributed by atoms with van der Waals surface area (Å²) in [6, 6.07) is 23.5. The second-order valence-electron chi connectivity index (χ2n) is 11.0. The Balaban J connectivity index is 0.000000238. The van der Waals surface area contributed by atoms with Gasteiger partial charge in [0.1, 0.15) is 4.90 Å². The molecule has 4 aromatic carbocycles. The number of azo groups is 2. The Morgan fingerprint density at radius 3 is 1.85 bits per heavy atom. The summed E-state index contributed by atoms with van der Waals surface area (Å²) in [5.74, 6) is -1.94. The average molecular weight is 792 g/mol. The first-order chi connectivity index (χ1) is 25.1. The minimum absolute atomic E-state index is 0. The fourth-order valence-corrected chi connectivity index (χ4v) is 5.29. The summed E-state index contributed by atoms with van der Waals surface area (Å²) in [5, 5.41) is 57.7. The van der Waals surface area contributed by atoms with Crippen LogP contribution in [-0.2, 0) is 27.4 Å². The Hall–Kier alpha value is -6.79. The number of nitro groups is 1. The van der Waals surface area contributed by atoms with Crippen LogP contribution in [0.15, 0.2) is 132 Å². The van der Waals surface area contributed by atoms with E-state index in [1.165, 1.54) is 41.1 Å². The standard InChI is InChI=1S/C17H15N5O5S.C16H13N5O4.Cr/c1-10-15(20-19-14-8-3-2-7-13(14)17(24)25)16(23)22(21-10)11-5-4-6-12(9-11)28(18,26)27;1-10-15(16(23)20(19-10)11-5-3-2-4-6-11)18-17-13-9-12(21(24)25)7-8-14(13)22;/h2-9,21H,1H3,(H,24,25)(H2,18,26,27);2-9,19,22H,1H3;/q;;+3/p-1. The predicted molar refractivity (Wildman–Crippen MR) is 184 cm³/mol. The van der Waals surface area contributed by atoms with Gasteiger partial charge >= 0.3 is 27.4 Å². The quantitative estimate of drug-likeness (QED) is 0.110. The molecule has 0 aliphatic carbocycles. The number of para-hydroxylation sites is 1. The molecule has 273 valence electrons. The maximum absolute atomic E-state index is 12.7. The number of non-ortho nitro benzene ring substituents is 1. The molecule has 54 heavy (non-hydrogen) atoms. The number of hydrogen-bond acceptors (Lipinski definition) is 13. The monoisotopic (exact) mass is 791 g/mol. The molecule has 0 saturated carbocycles. The van der Waals surface area contributed by atoms with Gasteiger partial charge in [-0.3, -0.25) is 29.9 Å². The van der Waals surface area contributed by atoms with Crippen molar-refractivity contribution in [3.8, 4) is 17.1 Å². The first-order valence-electron chi connectivity index (χ1n) is 15.1. The van der Waals surface area contributed by atoms with Crippen LogP contribution >= 0.6 is 0 Å². The van der Waals surface area contributed by atoms with Crippen LogP contribution in [0.5, 0.6) is 5.75 Å². The third-order valence-electron chi connectivity index (χ3n) is 7.32. The Bertz CT molecular complexity index is 2650. The van der Waals surface area contributed by atoms with Crippen molar-refractivity contribution in [2.75, 3.05) is 0 Å². The second-order valence-corrected chi connectivity index (χ2v) is 12.7. The molecule has 0 unspecified atom stereocenters. The number of H-pyrrole nitrogens is 2. The van der Waals surface area contributed by atoms with Crippen molar-refractivity contribution in [3.63, 3.8) is 0 Å². The molecule has 0 bridgehead atoms. The van der Waals surface area contributed by atoms with E-state index in [9.17, 15) is 43.1 Å². The molecule has 0 aliphatic heterocycles. The van der Waals surface area contributed by atoms with Crippen molar-refractivity contribution in [1.29, 1.82) is 0 Å². The van der Waals surface area contributed by atoms with E-state index in [0.717, 1.165) is 22.9 Å². The van der Waals surface area contributed by atoms with E-state index in [-0.39, 0.29) is 61.9 Å². The molecular weight excluding hydrogens is 764 g/mol. The summed E-state index contributed by atoms with van der Waals surface area (Å²) in [7, 11) is -3.69. The van der Waals surface area contributed by atoms with Gasteiger partial charge in [0.05, 0.1) is 45.0 Å². The zero-order valence-electron chi connectivity index (χ0n) is 28.1. The normalized spacial score (nSPS) is 11.2. The number of aromatic carboxylic acids is 1. The van der Waals surface area contributed by atoms with Crippen molar-refractivity contribution >= 4 is 44.4 Å². The molecule has 21 heteroatoms. The number of carboxylic acid groups (broad SMARTS) is 1. The van der Waals surface area contributed by atoms with Crippen LogP contribution in [0.4, 0.5) is 28.4 Å². The number of nitrogens with one attached hydrogen (secondary N) is 2. The van der Waals surface area contributed by atoms with E-state index in [1.807, 2.05) is 6.07 Å². The number of aromatic nitrogens is 4. The first kappa shape index (κ1) is 40.0. The molecule has 2 aromatic heterocycles. The summed E-state index contributed by atoms with van der Waals surface area (Å²) >= 11 is 0. The van der Waals surface area contributed by atoms with Crippen LogP contribution in [0.25, 0.3) is 11.4 Å². The molecule has 0 fully saturated rings. The number of carbonyl (C=O) groups is 1. The van der Waals surface area contributed by atoms with Crippen LogP contribution < -0.4 is 26.5 Å². The zero-order valence-corrected chi connectivity index (χ0v) is 30.2. The largest absolute Gasteiger partial charge is 3.00 e.